The van der Waals surface area contributed by atoms with Gasteiger partial charge < -0.3 is 10.2 Å². The van der Waals surface area contributed by atoms with Crippen molar-refractivity contribution in [2.24, 2.45) is 0 Å². The van der Waals surface area contributed by atoms with E-state index in [2.05, 4.69) is 15.3 Å². The first kappa shape index (κ1) is 22.4. The molecule has 0 spiro atoms. The largest absolute Gasteiger partial charge is 0.338 e. The van der Waals surface area contributed by atoms with Gasteiger partial charge in [-0.15, -0.1) is 12.4 Å². The van der Waals surface area contributed by atoms with Gasteiger partial charge in [0.2, 0.25) is 11.8 Å². The van der Waals surface area contributed by atoms with Crippen molar-refractivity contribution in [3.63, 3.8) is 0 Å². The van der Waals surface area contributed by atoms with Crippen LogP contribution in [0.25, 0.3) is 17.0 Å². The van der Waals surface area contributed by atoms with Crippen LogP contribution in [0.1, 0.15) is 16.7 Å². The van der Waals surface area contributed by atoms with E-state index < -0.39 is 0 Å². The van der Waals surface area contributed by atoms with E-state index >= 15 is 0 Å². The third-order valence-corrected chi connectivity index (χ3v) is 5.04. The van der Waals surface area contributed by atoms with E-state index in [0.717, 1.165) is 27.6 Å². The van der Waals surface area contributed by atoms with E-state index in [9.17, 15) is 9.59 Å². The number of carbonyl (C=O) groups is 2. The Morgan fingerprint density at radius 1 is 1.23 bits per heavy atom. The Labute approximate surface area is 187 Å². The van der Waals surface area contributed by atoms with Crippen molar-refractivity contribution in [1.29, 1.82) is 0 Å². The predicted octanol–water partition coefficient (Wildman–Crippen LogP) is 3.11. The molecule has 0 aliphatic carbocycles. The summed E-state index contributed by atoms with van der Waals surface area (Å²) < 4.78 is 0. The lowest BCUT2D eigenvalue weighted by atomic mass is 10.1. The zero-order valence-corrected chi connectivity index (χ0v) is 18.2. The minimum absolute atomic E-state index is 0. The van der Waals surface area contributed by atoms with Crippen LogP contribution in [0.15, 0.2) is 54.9 Å². The Balaban J connectivity index is 0.00000272. The Kier molecular flexibility index (Phi) is 6.99. The van der Waals surface area contributed by atoms with Crippen LogP contribution in [0.4, 0.5) is 5.82 Å². The normalized spacial score (nSPS) is 13.9. The molecule has 0 saturated carbocycles. The second-order valence-electron chi connectivity index (χ2n) is 7.51. The van der Waals surface area contributed by atoms with Crippen LogP contribution in [0.5, 0.6) is 0 Å². The molecule has 31 heavy (non-hydrogen) atoms. The highest BCUT2D eigenvalue weighted by molar-refractivity contribution is 5.93. The van der Waals surface area contributed by atoms with Gasteiger partial charge >= 0.3 is 0 Å². The van der Waals surface area contributed by atoms with Gasteiger partial charge in [-0.1, -0.05) is 18.2 Å². The van der Waals surface area contributed by atoms with Gasteiger partial charge in [-0.3, -0.25) is 19.5 Å². The van der Waals surface area contributed by atoms with E-state index in [-0.39, 0.29) is 24.2 Å². The van der Waals surface area contributed by atoms with Crippen molar-refractivity contribution in [2.75, 3.05) is 26.0 Å². The van der Waals surface area contributed by atoms with Crippen molar-refractivity contribution in [2.45, 2.75) is 13.1 Å². The maximum Gasteiger partial charge on any atom is 0.246 e. The minimum Gasteiger partial charge on any atom is -0.338 e. The summed E-state index contributed by atoms with van der Waals surface area (Å²) in [7, 11) is 3.67. The molecule has 0 fully saturated rings. The monoisotopic (exact) mass is 437 g/mol. The lowest BCUT2D eigenvalue weighted by molar-refractivity contribution is -0.125. The molecule has 0 atom stereocenters. The van der Waals surface area contributed by atoms with Crippen molar-refractivity contribution in [3.8, 4) is 0 Å². The van der Waals surface area contributed by atoms with Gasteiger partial charge in [0, 0.05) is 49.6 Å². The fourth-order valence-electron chi connectivity index (χ4n) is 3.54. The molecule has 0 saturated heterocycles. The lowest BCUT2D eigenvalue weighted by Crippen LogP contribution is -2.26. The van der Waals surface area contributed by atoms with Crippen LogP contribution in [-0.2, 0) is 22.7 Å². The molecular weight excluding hydrogens is 414 g/mol. The summed E-state index contributed by atoms with van der Waals surface area (Å²) in [5, 5.41) is 3.85. The van der Waals surface area contributed by atoms with Crippen molar-refractivity contribution < 1.29 is 9.59 Å². The number of fused-ring (bicyclic) bond motifs is 2. The fraction of sp³-hybridized carbons (Fsp3) is 0.217. The summed E-state index contributed by atoms with van der Waals surface area (Å²) in [6, 6.07) is 11.8. The first-order valence-corrected chi connectivity index (χ1v) is 9.73. The minimum atomic E-state index is -0.101. The van der Waals surface area contributed by atoms with E-state index in [0.29, 0.717) is 25.5 Å². The molecular formula is C23H24ClN5O2. The van der Waals surface area contributed by atoms with Crippen LogP contribution >= 0.6 is 12.4 Å². The third-order valence-electron chi connectivity index (χ3n) is 5.04. The highest BCUT2D eigenvalue weighted by Gasteiger charge is 2.17. The summed E-state index contributed by atoms with van der Waals surface area (Å²) in [5.74, 6) is 0.401. The first-order chi connectivity index (χ1) is 14.5. The number of nitrogens with one attached hydrogen (secondary N) is 1. The number of halogens is 1. The van der Waals surface area contributed by atoms with Gasteiger partial charge in [0.25, 0.3) is 0 Å². The van der Waals surface area contributed by atoms with E-state index in [1.54, 1.807) is 36.5 Å². The van der Waals surface area contributed by atoms with E-state index in [1.807, 2.05) is 48.3 Å². The quantitative estimate of drug-likeness (QED) is 0.634. The molecule has 1 aromatic carbocycles. The molecule has 160 valence electrons. The average molecular weight is 438 g/mol. The van der Waals surface area contributed by atoms with E-state index in [1.165, 1.54) is 0 Å². The Morgan fingerprint density at radius 3 is 2.87 bits per heavy atom. The lowest BCUT2D eigenvalue weighted by Gasteiger charge is -2.16. The molecule has 3 aromatic rings. The van der Waals surface area contributed by atoms with Gasteiger partial charge in [-0.05, 0) is 42.4 Å². The Morgan fingerprint density at radius 2 is 2.03 bits per heavy atom. The topological polar surface area (TPSA) is 78.4 Å². The summed E-state index contributed by atoms with van der Waals surface area (Å²) in [4.78, 5) is 36.7. The molecule has 1 N–H and O–H groups in total. The summed E-state index contributed by atoms with van der Waals surface area (Å²) >= 11 is 0. The van der Waals surface area contributed by atoms with Crippen LogP contribution in [-0.4, -0.2) is 52.2 Å². The highest BCUT2D eigenvalue weighted by atomic mass is 35.5. The molecule has 8 heteroatoms. The number of pyridine rings is 2. The number of carbonyl (C=O) groups excluding carboxylic acids is 2. The molecule has 7 nitrogen and oxygen atoms in total. The molecule has 2 amide bonds. The number of para-hydroxylation sites is 1. The third kappa shape index (κ3) is 5.25. The van der Waals surface area contributed by atoms with Gasteiger partial charge in [0.15, 0.2) is 0 Å². The number of rotatable bonds is 4. The summed E-state index contributed by atoms with van der Waals surface area (Å²) in [5.41, 5.74) is 3.71. The zero-order chi connectivity index (χ0) is 21.1. The van der Waals surface area contributed by atoms with Crippen molar-refractivity contribution >= 4 is 47.0 Å². The number of likely N-dealkylation sites (N-methyl/N-ethyl adjacent to an activating group) is 2. The molecule has 4 rings (SSSR count). The van der Waals surface area contributed by atoms with E-state index in [4.69, 9.17) is 0 Å². The zero-order valence-electron chi connectivity index (χ0n) is 17.4. The molecule has 0 radical (unpaired) electrons. The number of benzene rings is 1. The van der Waals surface area contributed by atoms with Crippen molar-refractivity contribution in [3.05, 3.63) is 71.6 Å². The molecule has 0 bridgehead atoms. The summed E-state index contributed by atoms with van der Waals surface area (Å²) in [6.45, 7) is 1.44. The van der Waals surface area contributed by atoms with Gasteiger partial charge in [-0.25, -0.2) is 4.98 Å². The maximum atomic E-state index is 12.6. The first-order valence-electron chi connectivity index (χ1n) is 9.73. The predicted molar refractivity (Wildman–Crippen MR) is 124 cm³/mol. The second kappa shape index (κ2) is 9.68. The summed E-state index contributed by atoms with van der Waals surface area (Å²) in [6.07, 6.45) is 6.73. The Bertz CT molecular complexity index is 1140. The molecule has 3 heterocycles. The Hall–Kier alpha value is -3.29. The number of aromatic nitrogens is 2. The molecule has 1 aliphatic heterocycles. The second-order valence-corrected chi connectivity index (χ2v) is 7.51. The van der Waals surface area contributed by atoms with Gasteiger partial charge in [0.05, 0.1) is 12.1 Å². The van der Waals surface area contributed by atoms with Crippen LogP contribution in [0, 0.1) is 0 Å². The van der Waals surface area contributed by atoms with Gasteiger partial charge in [-0.2, -0.15) is 0 Å². The number of hydrogen-bond acceptors (Lipinski definition) is 5. The molecule has 2 aromatic heterocycles. The fourth-order valence-corrected chi connectivity index (χ4v) is 3.54. The average Bonchev–Trinajstić information content (AvgIpc) is 2.88. The number of hydrogen-bond donors (Lipinski definition) is 1. The van der Waals surface area contributed by atoms with Crippen molar-refractivity contribution in [1.82, 2.24) is 19.8 Å². The standard InChI is InChI=1S/C23H23N5O2.ClH/c1-27-13-18-11-16(12-25-23(18)26-21(29)15-27)7-8-22(30)28(2)14-17-9-10-24-20-6-4-3-5-19(17)20;/h3-12H,13-15H2,1-2H3,(H,25,26,29);1H. The highest BCUT2D eigenvalue weighted by Crippen LogP contribution is 2.20. The SMILES string of the molecule is CN1CC(=O)Nc2ncc(C=CC(=O)N(C)Cc3ccnc4ccccc34)cc2C1.Cl. The van der Waals surface area contributed by atoms with Crippen LogP contribution < -0.4 is 5.32 Å². The molecule has 1 aliphatic rings. The number of anilines is 1. The van der Waals surface area contributed by atoms with Crippen LogP contribution in [0.3, 0.4) is 0 Å². The van der Waals surface area contributed by atoms with Crippen LogP contribution in [0.2, 0.25) is 0 Å². The maximum absolute atomic E-state index is 12.6. The molecule has 0 unspecified atom stereocenters. The van der Waals surface area contributed by atoms with Gasteiger partial charge in [0.1, 0.15) is 5.82 Å². The number of amides is 2. The smallest absolute Gasteiger partial charge is 0.246 e. The number of nitrogens with zero attached hydrogens (tertiary/aromatic N) is 4.